The first kappa shape index (κ1) is 31.0. The zero-order valence-corrected chi connectivity index (χ0v) is 25.3. The molecular weight excluding hydrogens is 574 g/mol. The third kappa shape index (κ3) is 5.61. The number of rotatable bonds is 14. The number of hydrogen-bond donors (Lipinski definition) is 2. The summed E-state index contributed by atoms with van der Waals surface area (Å²) in [6, 6.07) is 0. The first-order valence-electron chi connectivity index (χ1n) is 13.8. The van der Waals surface area contributed by atoms with Gasteiger partial charge in [-0.25, -0.2) is 23.0 Å². The molecule has 2 aliphatic rings. The van der Waals surface area contributed by atoms with E-state index in [1.54, 1.807) is 13.1 Å². The Kier molecular flexibility index (Phi) is 9.14. The molecule has 2 aliphatic heterocycles. The van der Waals surface area contributed by atoms with E-state index in [9.17, 15) is 33.0 Å². The van der Waals surface area contributed by atoms with Crippen molar-refractivity contribution in [1.82, 2.24) is 14.3 Å². The Morgan fingerprint density at radius 3 is 2.44 bits per heavy atom. The number of imidazole rings is 1. The molecule has 0 saturated carbocycles. The van der Waals surface area contributed by atoms with Crippen LogP contribution in [0.5, 0.6) is 0 Å². The van der Waals surface area contributed by atoms with Crippen molar-refractivity contribution in [3.63, 3.8) is 0 Å². The number of aliphatic hydroxyl groups is 1. The number of carboxylic acids is 1. The van der Waals surface area contributed by atoms with Crippen molar-refractivity contribution in [3.8, 4) is 0 Å². The SMILES string of the molecule is CCCCCCCCCOC(=O)OCC12[C@@H]([C@@H](C)O)C(=O)N1C(C(=O)O)=C(c1cn3cnc(S(C)(=O)=O)c3s1)[C@@H]2C. The number of hydrogen-bond acceptors (Lipinski definition) is 10. The molecule has 12 nitrogen and oxygen atoms in total. The highest BCUT2D eigenvalue weighted by molar-refractivity contribution is 7.91. The predicted molar refractivity (Wildman–Crippen MR) is 150 cm³/mol. The Morgan fingerprint density at radius 1 is 1.17 bits per heavy atom. The van der Waals surface area contributed by atoms with E-state index < -0.39 is 51.3 Å². The largest absolute Gasteiger partial charge is 0.508 e. The minimum atomic E-state index is -3.65. The lowest BCUT2D eigenvalue weighted by Gasteiger charge is -2.56. The number of β-lactam (4-membered cyclic amide) rings is 1. The molecule has 2 N–H and O–H groups in total. The smallest absolute Gasteiger partial charge is 0.477 e. The number of ether oxygens (including phenoxy) is 2. The molecule has 4 atom stereocenters. The highest BCUT2D eigenvalue weighted by atomic mass is 32.2. The van der Waals surface area contributed by atoms with Gasteiger partial charge in [-0.2, -0.15) is 0 Å². The Bertz CT molecular complexity index is 1460. The summed E-state index contributed by atoms with van der Waals surface area (Å²) >= 11 is 1.03. The Labute approximate surface area is 242 Å². The number of carboxylic acid groups (broad SMARTS) is 1. The highest BCUT2D eigenvalue weighted by Crippen LogP contribution is 2.59. The number of aliphatic carboxylic acids is 1. The maximum absolute atomic E-state index is 13.2. The number of carbonyl (C=O) groups is 3. The van der Waals surface area contributed by atoms with Gasteiger partial charge in [-0.1, -0.05) is 52.4 Å². The molecule has 2 aromatic rings. The van der Waals surface area contributed by atoms with Crippen LogP contribution in [-0.4, -0.2) is 82.1 Å². The second-order valence-electron chi connectivity index (χ2n) is 10.8. The first-order valence-corrected chi connectivity index (χ1v) is 16.5. The first-order chi connectivity index (χ1) is 19.4. The standard InChI is InChI=1S/C27H37N3O9S2/c1-5-6-7-8-9-10-11-12-38-26(35)39-14-27-16(2)19(21(25(33)34)30(27)23(32)20(27)17(3)31)18-13-29-15-28-22(24(29)40-18)41(4,36)37/h13,15-17,20,31H,5-12,14H2,1-4H3,(H,33,34)/t16-,17+,20-,27?/m0/s1. The Hall–Kier alpha value is -2.97. The number of carbonyl (C=O) groups excluding carboxylic acids is 2. The van der Waals surface area contributed by atoms with Crippen molar-refractivity contribution in [2.75, 3.05) is 19.5 Å². The van der Waals surface area contributed by atoms with Gasteiger partial charge in [0.2, 0.25) is 5.91 Å². The molecule has 0 aromatic carbocycles. The van der Waals surface area contributed by atoms with Crippen molar-refractivity contribution in [3.05, 3.63) is 23.1 Å². The van der Waals surface area contributed by atoms with Gasteiger partial charge in [-0.05, 0) is 13.3 Å². The molecular formula is C27H37N3O9S2. The molecule has 2 aromatic heterocycles. The van der Waals surface area contributed by atoms with Crippen LogP contribution in [0.1, 0.15) is 70.6 Å². The maximum Gasteiger partial charge on any atom is 0.508 e. The van der Waals surface area contributed by atoms with Crippen molar-refractivity contribution in [1.29, 1.82) is 0 Å². The number of aliphatic hydroxyl groups excluding tert-OH is 1. The summed E-state index contributed by atoms with van der Waals surface area (Å²) in [6.45, 7) is 5.10. The van der Waals surface area contributed by atoms with Crippen LogP contribution in [0.3, 0.4) is 0 Å². The molecule has 0 aliphatic carbocycles. The van der Waals surface area contributed by atoms with Crippen LogP contribution in [0.25, 0.3) is 10.4 Å². The molecule has 41 heavy (non-hydrogen) atoms. The van der Waals surface area contributed by atoms with Crippen LogP contribution < -0.4 is 0 Å². The lowest BCUT2D eigenvalue weighted by Crippen LogP contribution is -2.75. The third-order valence-corrected chi connectivity index (χ3v) is 10.2. The van der Waals surface area contributed by atoms with Crippen molar-refractivity contribution in [2.24, 2.45) is 11.8 Å². The topological polar surface area (TPSA) is 165 Å². The minimum Gasteiger partial charge on any atom is -0.477 e. The molecule has 4 heterocycles. The van der Waals surface area contributed by atoms with E-state index in [2.05, 4.69) is 11.9 Å². The van der Waals surface area contributed by atoms with Crippen molar-refractivity contribution < 1.29 is 42.5 Å². The number of aromatic nitrogens is 2. The van der Waals surface area contributed by atoms with Crippen LogP contribution in [0.4, 0.5) is 4.79 Å². The minimum absolute atomic E-state index is 0.139. The second kappa shape index (κ2) is 12.1. The molecule has 4 rings (SSSR count). The van der Waals surface area contributed by atoms with Crippen LogP contribution in [0.2, 0.25) is 0 Å². The number of sulfone groups is 1. The average molecular weight is 612 g/mol. The maximum atomic E-state index is 13.2. The van der Waals surface area contributed by atoms with Gasteiger partial charge < -0.3 is 19.7 Å². The van der Waals surface area contributed by atoms with Gasteiger partial charge in [0.25, 0.3) is 0 Å². The van der Waals surface area contributed by atoms with Gasteiger partial charge in [-0.3, -0.25) is 14.1 Å². The molecule has 0 bridgehead atoms. The van der Waals surface area contributed by atoms with Crippen molar-refractivity contribution >= 4 is 49.6 Å². The summed E-state index contributed by atoms with van der Waals surface area (Å²) in [5.41, 5.74) is -1.37. The van der Waals surface area contributed by atoms with Gasteiger partial charge in [0, 0.05) is 23.9 Å². The highest BCUT2D eigenvalue weighted by Gasteiger charge is 2.71. The van der Waals surface area contributed by atoms with E-state index in [0.717, 1.165) is 41.8 Å². The Morgan fingerprint density at radius 2 is 1.83 bits per heavy atom. The van der Waals surface area contributed by atoms with Crippen LogP contribution >= 0.6 is 11.3 Å². The van der Waals surface area contributed by atoms with Crippen LogP contribution in [-0.2, 0) is 28.9 Å². The van der Waals surface area contributed by atoms with E-state index >= 15 is 0 Å². The monoisotopic (exact) mass is 611 g/mol. The zero-order chi connectivity index (χ0) is 30.1. The van der Waals surface area contributed by atoms with E-state index in [0.29, 0.717) is 16.1 Å². The van der Waals surface area contributed by atoms with Crippen LogP contribution in [0, 0.1) is 11.8 Å². The predicted octanol–water partition coefficient (Wildman–Crippen LogP) is 3.73. The number of thiazole rings is 1. The van der Waals surface area contributed by atoms with E-state index in [1.165, 1.54) is 36.9 Å². The fourth-order valence-corrected chi connectivity index (χ4v) is 8.36. The van der Waals surface area contributed by atoms with Gasteiger partial charge >= 0.3 is 12.1 Å². The quantitative estimate of drug-likeness (QED) is 0.183. The molecule has 226 valence electrons. The molecule has 1 saturated heterocycles. The fourth-order valence-electron chi connectivity index (χ4n) is 6.02. The summed E-state index contributed by atoms with van der Waals surface area (Å²) in [6.07, 6.45) is 9.21. The van der Waals surface area contributed by atoms with Gasteiger partial charge in [-0.15, -0.1) is 11.3 Å². The summed E-state index contributed by atoms with van der Waals surface area (Å²) < 4.78 is 36.6. The van der Waals surface area contributed by atoms with E-state index in [1.807, 2.05) is 0 Å². The molecule has 0 radical (unpaired) electrons. The number of amides is 1. The molecule has 1 amide bonds. The van der Waals surface area contributed by atoms with Gasteiger partial charge in [0.05, 0.1) is 23.5 Å². The van der Waals surface area contributed by atoms with Gasteiger partial charge in [0.15, 0.2) is 14.9 Å². The number of unbranched alkanes of at least 4 members (excludes halogenated alkanes) is 6. The normalized spacial score (nSPS) is 23.0. The van der Waals surface area contributed by atoms with E-state index in [4.69, 9.17) is 9.47 Å². The summed E-state index contributed by atoms with van der Waals surface area (Å²) in [4.78, 5) is 44.0. The number of fused-ring (bicyclic) bond motifs is 2. The molecule has 1 fully saturated rings. The van der Waals surface area contributed by atoms with Crippen molar-refractivity contribution in [2.45, 2.75) is 82.4 Å². The lowest BCUT2D eigenvalue weighted by molar-refractivity contribution is -0.187. The lowest BCUT2D eigenvalue weighted by atomic mass is 9.65. The fraction of sp³-hybridized carbons (Fsp3) is 0.630. The molecule has 0 spiro atoms. The average Bonchev–Trinajstić information content (AvgIpc) is 3.52. The molecule has 1 unspecified atom stereocenters. The zero-order valence-electron chi connectivity index (χ0n) is 23.7. The summed E-state index contributed by atoms with van der Waals surface area (Å²) in [7, 11) is -3.65. The van der Waals surface area contributed by atoms with Crippen LogP contribution in [0.15, 0.2) is 23.2 Å². The van der Waals surface area contributed by atoms with Gasteiger partial charge in [0.1, 0.15) is 29.0 Å². The molecule has 14 heteroatoms. The Balaban J connectivity index is 1.55. The second-order valence-corrected chi connectivity index (χ2v) is 13.8. The third-order valence-electron chi connectivity index (χ3n) is 7.97. The van der Waals surface area contributed by atoms with E-state index in [-0.39, 0.29) is 29.5 Å². The summed E-state index contributed by atoms with van der Waals surface area (Å²) in [5.74, 6) is -3.69. The number of nitrogens with zero attached hydrogens (tertiary/aromatic N) is 3. The summed E-state index contributed by atoms with van der Waals surface area (Å²) in [5, 5.41) is 20.6.